The van der Waals surface area contributed by atoms with Crippen LogP contribution in [0.2, 0.25) is 0 Å². The van der Waals surface area contributed by atoms with Crippen molar-refractivity contribution in [2.24, 2.45) is 10.7 Å². The molecule has 0 aromatic carbocycles. The van der Waals surface area contributed by atoms with E-state index in [0.29, 0.717) is 18.9 Å². The first kappa shape index (κ1) is 17.5. The third-order valence-electron chi connectivity index (χ3n) is 3.99. The molecule has 2 fully saturated rings. The van der Waals surface area contributed by atoms with Crippen molar-refractivity contribution in [1.82, 2.24) is 9.80 Å². The maximum Gasteiger partial charge on any atom is 0.224 e. The molecule has 116 valence electrons. The number of nitrogens with zero attached hydrogens (tertiary/aromatic N) is 3. The predicted octanol–water partition coefficient (Wildman–Crippen LogP) is 1.81. The Morgan fingerprint density at radius 3 is 1.95 bits per heavy atom. The molecule has 0 radical (unpaired) electrons. The minimum absolute atomic E-state index is 0. The maximum absolute atomic E-state index is 12.0. The molecular weight excluding hydrogens is 367 g/mol. The van der Waals surface area contributed by atoms with E-state index in [1.165, 1.54) is 25.7 Å². The Morgan fingerprint density at radius 1 is 0.900 bits per heavy atom. The minimum Gasteiger partial charge on any atom is -0.370 e. The standard InChI is InChI=1S/C14H26N4O.HI/c15-14(18-11-5-2-6-12-18)16-8-7-13(19)17-9-3-1-4-10-17;/h1-12H2,(H2,15,16);1H. The molecule has 2 saturated heterocycles. The van der Waals surface area contributed by atoms with Gasteiger partial charge in [0, 0.05) is 32.6 Å². The van der Waals surface area contributed by atoms with E-state index in [2.05, 4.69) is 9.89 Å². The summed E-state index contributed by atoms with van der Waals surface area (Å²) in [5, 5.41) is 0. The van der Waals surface area contributed by atoms with Crippen molar-refractivity contribution >= 4 is 35.8 Å². The molecule has 1 amide bonds. The predicted molar refractivity (Wildman–Crippen MR) is 92.4 cm³/mol. The molecule has 2 heterocycles. The summed E-state index contributed by atoms with van der Waals surface area (Å²) in [5.41, 5.74) is 5.96. The van der Waals surface area contributed by atoms with E-state index in [0.717, 1.165) is 39.0 Å². The molecule has 2 N–H and O–H groups in total. The molecule has 0 aromatic heterocycles. The smallest absolute Gasteiger partial charge is 0.224 e. The van der Waals surface area contributed by atoms with Gasteiger partial charge >= 0.3 is 0 Å². The lowest BCUT2D eigenvalue weighted by Gasteiger charge is -2.28. The van der Waals surface area contributed by atoms with Crippen LogP contribution in [0.1, 0.15) is 44.9 Å². The van der Waals surface area contributed by atoms with Crippen molar-refractivity contribution in [3.05, 3.63) is 0 Å². The summed E-state index contributed by atoms with van der Waals surface area (Å²) in [7, 11) is 0. The van der Waals surface area contributed by atoms with Crippen LogP contribution in [0.25, 0.3) is 0 Å². The fourth-order valence-electron chi connectivity index (χ4n) is 2.79. The van der Waals surface area contributed by atoms with Gasteiger partial charge < -0.3 is 15.5 Å². The fraction of sp³-hybridized carbons (Fsp3) is 0.857. The van der Waals surface area contributed by atoms with Crippen molar-refractivity contribution in [1.29, 1.82) is 0 Å². The van der Waals surface area contributed by atoms with Gasteiger partial charge in [0.25, 0.3) is 0 Å². The van der Waals surface area contributed by atoms with E-state index < -0.39 is 0 Å². The van der Waals surface area contributed by atoms with E-state index in [4.69, 9.17) is 5.73 Å². The summed E-state index contributed by atoms with van der Waals surface area (Å²) in [4.78, 5) is 20.4. The number of carbonyl (C=O) groups is 1. The highest BCUT2D eigenvalue weighted by molar-refractivity contribution is 14.0. The zero-order valence-corrected chi connectivity index (χ0v) is 14.6. The van der Waals surface area contributed by atoms with Crippen LogP contribution in [0.3, 0.4) is 0 Å². The maximum atomic E-state index is 12.0. The second-order valence-corrected chi connectivity index (χ2v) is 5.48. The van der Waals surface area contributed by atoms with Gasteiger partial charge in [-0.1, -0.05) is 0 Å². The van der Waals surface area contributed by atoms with Crippen molar-refractivity contribution in [2.45, 2.75) is 44.9 Å². The minimum atomic E-state index is 0. The van der Waals surface area contributed by atoms with E-state index in [-0.39, 0.29) is 29.9 Å². The highest BCUT2D eigenvalue weighted by Gasteiger charge is 2.16. The molecule has 2 aliphatic heterocycles. The first-order chi connectivity index (χ1) is 9.27. The molecule has 0 aromatic rings. The molecule has 6 heteroatoms. The van der Waals surface area contributed by atoms with Crippen LogP contribution in [0.15, 0.2) is 4.99 Å². The first-order valence-corrected chi connectivity index (χ1v) is 7.60. The molecule has 20 heavy (non-hydrogen) atoms. The summed E-state index contributed by atoms with van der Waals surface area (Å²) in [6.45, 7) is 4.39. The monoisotopic (exact) mass is 394 g/mol. The topological polar surface area (TPSA) is 61.9 Å². The second kappa shape index (κ2) is 9.41. The summed E-state index contributed by atoms with van der Waals surface area (Å²) in [6.07, 6.45) is 7.72. The van der Waals surface area contributed by atoms with Crippen molar-refractivity contribution in [3.63, 3.8) is 0 Å². The van der Waals surface area contributed by atoms with Crippen LogP contribution in [0.4, 0.5) is 0 Å². The molecule has 5 nitrogen and oxygen atoms in total. The van der Waals surface area contributed by atoms with Crippen molar-refractivity contribution < 1.29 is 4.79 Å². The molecular formula is C14H27IN4O. The van der Waals surface area contributed by atoms with E-state index in [1.54, 1.807) is 0 Å². The normalized spacial score (nSPS) is 20.5. The first-order valence-electron chi connectivity index (χ1n) is 7.60. The number of carbonyl (C=O) groups excluding carboxylic acids is 1. The van der Waals surface area contributed by atoms with Crippen LogP contribution in [-0.4, -0.2) is 54.4 Å². The second-order valence-electron chi connectivity index (χ2n) is 5.48. The number of aliphatic imine (C=N–C) groups is 1. The SMILES string of the molecule is I.NC(=NCCC(=O)N1CCCCC1)N1CCCCC1. The summed E-state index contributed by atoms with van der Waals surface area (Å²) in [6, 6.07) is 0. The van der Waals surface area contributed by atoms with Crippen molar-refractivity contribution in [2.75, 3.05) is 32.7 Å². The van der Waals surface area contributed by atoms with Crippen LogP contribution < -0.4 is 5.73 Å². The Balaban J connectivity index is 0.00000200. The number of halogens is 1. The molecule has 0 aliphatic carbocycles. The highest BCUT2D eigenvalue weighted by atomic mass is 127. The number of amides is 1. The van der Waals surface area contributed by atoms with Gasteiger partial charge in [0.05, 0.1) is 6.54 Å². The van der Waals surface area contributed by atoms with Gasteiger partial charge in [-0.3, -0.25) is 9.79 Å². The van der Waals surface area contributed by atoms with Gasteiger partial charge in [-0.2, -0.15) is 0 Å². The van der Waals surface area contributed by atoms with E-state index >= 15 is 0 Å². The fourth-order valence-corrected chi connectivity index (χ4v) is 2.79. The van der Waals surface area contributed by atoms with Gasteiger partial charge in [0.2, 0.25) is 5.91 Å². The van der Waals surface area contributed by atoms with Gasteiger partial charge in [-0.25, -0.2) is 0 Å². The lowest BCUT2D eigenvalue weighted by molar-refractivity contribution is -0.131. The average molecular weight is 394 g/mol. The summed E-state index contributed by atoms with van der Waals surface area (Å²) in [5.74, 6) is 0.848. The number of hydrogen-bond donors (Lipinski definition) is 1. The molecule has 2 aliphatic rings. The Bertz CT molecular complexity index is 323. The van der Waals surface area contributed by atoms with Gasteiger partial charge in [-0.05, 0) is 38.5 Å². The Hall–Kier alpha value is -0.530. The van der Waals surface area contributed by atoms with Crippen LogP contribution in [-0.2, 0) is 4.79 Å². The molecule has 0 bridgehead atoms. The third-order valence-corrected chi connectivity index (χ3v) is 3.99. The Kier molecular flexibility index (Phi) is 8.25. The van der Waals surface area contributed by atoms with Gasteiger partial charge in [0.15, 0.2) is 5.96 Å². The lowest BCUT2D eigenvalue weighted by Crippen LogP contribution is -2.41. The highest BCUT2D eigenvalue weighted by Crippen LogP contribution is 2.10. The molecule has 2 rings (SSSR count). The molecule has 0 atom stereocenters. The van der Waals surface area contributed by atoms with Crippen molar-refractivity contribution in [3.8, 4) is 0 Å². The number of hydrogen-bond acceptors (Lipinski definition) is 2. The third kappa shape index (κ3) is 5.46. The number of likely N-dealkylation sites (tertiary alicyclic amines) is 2. The lowest BCUT2D eigenvalue weighted by atomic mass is 10.1. The summed E-state index contributed by atoms with van der Waals surface area (Å²) < 4.78 is 0. The Labute approximate surface area is 139 Å². The Morgan fingerprint density at radius 2 is 1.40 bits per heavy atom. The number of guanidine groups is 1. The largest absolute Gasteiger partial charge is 0.370 e. The molecule has 0 unspecified atom stereocenters. The van der Waals surface area contributed by atoms with Gasteiger partial charge in [-0.15, -0.1) is 24.0 Å². The van der Waals surface area contributed by atoms with Gasteiger partial charge in [0.1, 0.15) is 0 Å². The number of piperidine rings is 2. The average Bonchev–Trinajstić information content (AvgIpc) is 2.49. The zero-order valence-electron chi connectivity index (χ0n) is 12.2. The number of rotatable bonds is 3. The van der Waals surface area contributed by atoms with E-state index in [9.17, 15) is 4.79 Å². The van der Waals surface area contributed by atoms with Crippen LogP contribution >= 0.6 is 24.0 Å². The van der Waals surface area contributed by atoms with Crippen LogP contribution in [0.5, 0.6) is 0 Å². The zero-order chi connectivity index (χ0) is 13.5. The van der Waals surface area contributed by atoms with E-state index in [1.807, 2.05) is 4.90 Å². The quantitative estimate of drug-likeness (QED) is 0.451. The number of nitrogens with two attached hydrogens (primary N) is 1. The molecule has 0 spiro atoms. The molecule has 0 saturated carbocycles. The van der Waals surface area contributed by atoms with Crippen LogP contribution in [0, 0.1) is 0 Å². The summed E-state index contributed by atoms with van der Waals surface area (Å²) >= 11 is 0.